The second-order valence-electron chi connectivity index (χ2n) is 5.38. The van der Waals surface area contributed by atoms with Gasteiger partial charge in [0.1, 0.15) is 6.04 Å². The number of carbonyl (C=O) groups is 2. The molecule has 2 atom stereocenters. The molecule has 0 rings (SSSR count). The van der Waals surface area contributed by atoms with Gasteiger partial charge < -0.3 is 20.9 Å². The lowest BCUT2D eigenvalue weighted by Gasteiger charge is -2.27. The Hall–Kier alpha value is -1.14. The van der Waals surface area contributed by atoms with Crippen molar-refractivity contribution in [1.29, 1.82) is 0 Å². The number of carboxylic acids is 1. The summed E-state index contributed by atoms with van der Waals surface area (Å²) in [6.07, 6.45) is 0.893. The topological polar surface area (TPSA) is 102 Å². The number of rotatable bonds is 7. The van der Waals surface area contributed by atoms with Crippen molar-refractivity contribution in [3.63, 3.8) is 0 Å². The zero-order chi connectivity index (χ0) is 14.3. The maximum atomic E-state index is 11.8. The Labute approximate surface area is 108 Å². The van der Waals surface area contributed by atoms with Crippen molar-refractivity contribution < 1.29 is 19.4 Å². The van der Waals surface area contributed by atoms with Crippen LogP contribution in [0.5, 0.6) is 0 Å². The molecule has 0 aromatic rings. The molecule has 0 bridgehead atoms. The average molecular weight is 260 g/mol. The number of hydrogen-bond donors (Lipinski definition) is 3. The van der Waals surface area contributed by atoms with Gasteiger partial charge in [-0.15, -0.1) is 0 Å². The third-order valence-electron chi connectivity index (χ3n) is 2.67. The predicted octanol–water partition coefficient (Wildman–Crippen LogP) is 0.356. The quantitative estimate of drug-likeness (QED) is 0.573. The Morgan fingerprint density at radius 1 is 1.39 bits per heavy atom. The fourth-order valence-electron chi connectivity index (χ4n) is 1.34. The van der Waals surface area contributed by atoms with Crippen molar-refractivity contribution in [2.45, 2.75) is 45.7 Å². The first-order valence-corrected chi connectivity index (χ1v) is 5.98. The molecule has 0 saturated heterocycles. The molecule has 0 fully saturated rings. The molecule has 106 valence electrons. The van der Waals surface area contributed by atoms with Gasteiger partial charge in [-0.25, -0.2) is 4.79 Å². The molecule has 6 heteroatoms. The highest BCUT2D eigenvalue weighted by Crippen LogP contribution is 2.17. The predicted molar refractivity (Wildman–Crippen MR) is 68.1 cm³/mol. The van der Waals surface area contributed by atoms with Gasteiger partial charge in [0, 0.05) is 13.7 Å². The average Bonchev–Trinajstić information content (AvgIpc) is 2.25. The van der Waals surface area contributed by atoms with Crippen molar-refractivity contribution in [3.8, 4) is 0 Å². The molecule has 1 amide bonds. The molecule has 0 aliphatic rings. The summed E-state index contributed by atoms with van der Waals surface area (Å²) in [4.78, 5) is 22.8. The standard InChI is InChI=1S/C12H24N2O4/c1-12(2,3)9(13)10(15)14-8(11(16)17)6-5-7-18-4/h8-9H,5-7,13H2,1-4H3,(H,14,15)(H,16,17)/t8?,9-/m0/s1. The summed E-state index contributed by atoms with van der Waals surface area (Å²) in [6.45, 7) is 5.96. The first kappa shape index (κ1) is 16.9. The summed E-state index contributed by atoms with van der Waals surface area (Å²) in [5, 5.41) is 11.5. The number of methoxy groups -OCH3 is 1. The van der Waals surface area contributed by atoms with Crippen LogP contribution in [0.4, 0.5) is 0 Å². The molecule has 0 radical (unpaired) electrons. The van der Waals surface area contributed by atoms with E-state index in [0.29, 0.717) is 19.4 Å². The molecule has 18 heavy (non-hydrogen) atoms. The minimum Gasteiger partial charge on any atom is -0.480 e. The molecule has 0 aliphatic carbocycles. The van der Waals surface area contributed by atoms with E-state index in [1.165, 1.54) is 0 Å². The van der Waals surface area contributed by atoms with Crippen LogP contribution in [0.2, 0.25) is 0 Å². The summed E-state index contributed by atoms with van der Waals surface area (Å²) < 4.78 is 4.85. The lowest BCUT2D eigenvalue weighted by atomic mass is 9.87. The van der Waals surface area contributed by atoms with Crippen molar-refractivity contribution >= 4 is 11.9 Å². The largest absolute Gasteiger partial charge is 0.480 e. The number of nitrogens with one attached hydrogen (secondary N) is 1. The molecule has 0 saturated carbocycles. The van der Waals surface area contributed by atoms with E-state index in [4.69, 9.17) is 15.6 Å². The summed E-state index contributed by atoms with van der Waals surface area (Å²) in [7, 11) is 1.55. The molecule has 0 spiro atoms. The first-order chi connectivity index (χ1) is 8.20. The molecule has 0 aromatic carbocycles. The van der Waals surface area contributed by atoms with Crippen molar-refractivity contribution in [1.82, 2.24) is 5.32 Å². The zero-order valence-corrected chi connectivity index (χ0v) is 11.5. The monoisotopic (exact) mass is 260 g/mol. The van der Waals surface area contributed by atoms with E-state index >= 15 is 0 Å². The van der Waals surface area contributed by atoms with E-state index in [1.807, 2.05) is 20.8 Å². The van der Waals surface area contributed by atoms with E-state index in [2.05, 4.69) is 5.32 Å². The Bertz CT molecular complexity index is 286. The lowest BCUT2D eigenvalue weighted by molar-refractivity contribution is -0.142. The second kappa shape index (κ2) is 7.33. The van der Waals surface area contributed by atoms with E-state index in [-0.39, 0.29) is 0 Å². The Morgan fingerprint density at radius 3 is 2.33 bits per heavy atom. The van der Waals surface area contributed by atoms with Gasteiger partial charge >= 0.3 is 5.97 Å². The molecule has 0 heterocycles. The molecule has 6 nitrogen and oxygen atoms in total. The second-order valence-corrected chi connectivity index (χ2v) is 5.38. The molecular weight excluding hydrogens is 236 g/mol. The lowest BCUT2D eigenvalue weighted by Crippen LogP contribution is -2.53. The van der Waals surface area contributed by atoms with E-state index in [1.54, 1.807) is 7.11 Å². The SMILES string of the molecule is COCCCC(NC(=O)[C@H](N)C(C)(C)C)C(=O)O. The number of carboxylic acid groups (broad SMARTS) is 1. The van der Waals surface area contributed by atoms with Crippen LogP contribution in [-0.2, 0) is 14.3 Å². The van der Waals surface area contributed by atoms with Crippen molar-refractivity contribution in [2.24, 2.45) is 11.1 Å². The smallest absolute Gasteiger partial charge is 0.326 e. The van der Waals surface area contributed by atoms with E-state index < -0.39 is 29.4 Å². The number of carbonyl (C=O) groups excluding carboxylic acids is 1. The Balaban J connectivity index is 4.41. The van der Waals surface area contributed by atoms with Crippen LogP contribution in [-0.4, -0.2) is 42.8 Å². The number of ether oxygens (including phenoxy) is 1. The highest BCUT2D eigenvalue weighted by molar-refractivity contribution is 5.87. The van der Waals surface area contributed by atoms with Gasteiger partial charge in [0.05, 0.1) is 6.04 Å². The van der Waals surface area contributed by atoms with Crippen LogP contribution < -0.4 is 11.1 Å². The zero-order valence-electron chi connectivity index (χ0n) is 11.5. The number of hydrogen-bond acceptors (Lipinski definition) is 4. The molecule has 4 N–H and O–H groups in total. The van der Waals surface area contributed by atoms with Gasteiger partial charge in [-0.3, -0.25) is 4.79 Å². The molecular formula is C12H24N2O4. The molecule has 0 aliphatic heterocycles. The van der Waals surface area contributed by atoms with Crippen LogP contribution in [0.3, 0.4) is 0 Å². The Morgan fingerprint density at radius 2 is 1.94 bits per heavy atom. The normalized spacial score (nSPS) is 14.9. The fourth-order valence-corrected chi connectivity index (χ4v) is 1.34. The number of aliphatic carboxylic acids is 1. The van der Waals surface area contributed by atoms with Crippen LogP contribution in [0.15, 0.2) is 0 Å². The minimum atomic E-state index is -1.06. The van der Waals surface area contributed by atoms with Gasteiger partial charge in [0.15, 0.2) is 0 Å². The summed E-state index contributed by atoms with van der Waals surface area (Å²) in [6, 6.07) is -1.65. The third-order valence-corrected chi connectivity index (χ3v) is 2.67. The van der Waals surface area contributed by atoms with Crippen molar-refractivity contribution in [3.05, 3.63) is 0 Å². The number of nitrogens with two attached hydrogens (primary N) is 1. The maximum absolute atomic E-state index is 11.8. The molecule has 1 unspecified atom stereocenters. The highest BCUT2D eigenvalue weighted by atomic mass is 16.5. The van der Waals surface area contributed by atoms with E-state index in [9.17, 15) is 9.59 Å². The van der Waals surface area contributed by atoms with Gasteiger partial charge in [0.25, 0.3) is 0 Å². The van der Waals surface area contributed by atoms with Gasteiger partial charge in [-0.2, -0.15) is 0 Å². The van der Waals surface area contributed by atoms with Gasteiger partial charge in [-0.1, -0.05) is 20.8 Å². The van der Waals surface area contributed by atoms with Crippen molar-refractivity contribution in [2.75, 3.05) is 13.7 Å². The maximum Gasteiger partial charge on any atom is 0.326 e. The first-order valence-electron chi connectivity index (χ1n) is 5.98. The Kier molecular flexibility index (Phi) is 6.86. The summed E-state index contributed by atoms with van der Waals surface area (Å²) >= 11 is 0. The van der Waals surface area contributed by atoms with Crippen LogP contribution in [0.25, 0.3) is 0 Å². The molecule has 0 aromatic heterocycles. The van der Waals surface area contributed by atoms with Gasteiger partial charge in [0.2, 0.25) is 5.91 Å². The van der Waals surface area contributed by atoms with Gasteiger partial charge in [-0.05, 0) is 18.3 Å². The van der Waals surface area contributed by atoms with Crippen LogP contribution in [0, 0.1) is 5.41 Å². The fraction of sp³-hybridized carbons (Fsp3) is 0.833. The third kappa shape index (κ3) is 5.97. The summed E-state index contributed by atoms with van der Waals surface area (Å²) in [5.41, 5.74) is 5.36. The van der Waals surface area contributed by atoms with Crippen LogP contribution >= 0.6 is 0 Å². The van der Waals surface area contributed by atoms with E-state index in [0.717, 1.165) is 0 Å². The van der Waals surface area contributed by atoms with Crippen LogP contribution in [0.1, 0.15) is 33.6 Å². The number of amides is 1. The highest BCUT2D eigenvalue weighted by Gasteiger charge is 2.30. The minimum absolute atomic E-state index is 0.325. The summed E-state index contributed by atoms with van der Waals surface area (Å²) in [5.74, 6) is -1.49.